The Kier molecular flexibility index (Phi) is 4.47. The van der Waals surface area contributed by atoms with Crippen LogP contribution in [0.4, 0.5) is 10.5 Å². The lowest BCUT2D eigenvalue weighted by atomic mass is 10.1. The van der Waals surface area contributed by atoms with Gasteiger partial charge < -0.3 is 20.2 Å². The van der Waals surface area contributed by atoms with Gasteiger partial charge in [0.05, 0.1) is 5.56 Å². The molecule has 1 aromatic rings. The first kappa shape index (κ1) is 15.3. The molecule has 1 aliphatic rings. The number of piperazine rings is 1. The first-order valence-electron chi connectivity index (χ1n) is 6.98. The van der Waals surface area contributed by atoms with Gasteiger partial charge in [0.15, 0.2) is 0 Å². The summed E-state index contributed by atoms with van der Waals surface area (Å²) in [7, 11) is 2.05. The molecule has 1 heterocycles. The average Bonchev–Trinajstić information content (AvgIpc) is 2.41. The highest BCUT2D eigenvalue weighted by atomic mass is 16.4. The van der Waals surface area contributed by atoms with Crippen molar-refractivity contribution in [3.8, 4) is 0 Å². The summed E-state index contributed by atoms with van der Waals surface area (Å²) in [5.41, 5.74) is 1.50. The van der Waals surface area contributed by atoms with Crippen LogP contribution in [0, 0.1) is 6.92 Å². The Balaban J connectivity index is 2.03. The van der Waals surface area contributed by atoms with Crippen molar-refractivity contribution in [2.75, 3.05) is 32.0 Å². The summed E-state index contributed by atoms with van der Waals surface area (Å²) in [6, 6.07) is 5.01. The first-order chi connectivity index (χ1) is 9.88. The Morgan fingerprint density at radius 3 is 2.62 bits per heavy atom. The maximum absolute atomic E-state index is 12.2. The molecule has 0 saturated carbocycles. The Morgan fingerprint density at radius 2 is 2.05 bits per heavy atom. The SMILES string of the molecule is Cc1cc(NC(=O)N2CCN(C)C(C)C2)ccc1C(=O)O. The number of nitrogens with one attached hydrogen (secondary N) is 1. The molecule has 0 bridgehead atoms. The van der Waals surface area contributed by atoms with Crippen LogP contribution in [0.2, 0.25) is 0 Å². The lowest BCUT2D eigenvalue weighted by Gasteiger charge is -2.37. The summed E-state index contributed by atoms with van der Waals surface area (Å²) in [6.07, 6.45) is 0. The lowest BCUT2D eigenvalue weighted by molar-refractivity contribution is 0.0696. The van der Waals surface area contributed by atoms with E-state index in [2.05, 4.69) is 17.1 Å². The summed E-state index contributed by atoms with van der Waals surface area (Å²) >= 11 is 0. The molecule has 2 amide bonds. The Bertz CT molecular complexity index is 559. The Hall–Kier alpha value is -2.08. The van der Waals surface area contributed by atoms with Crippen LogP contribution in [0.1, 0.15) is 22.8 Å². The monoisotopic (exact) mass is 291 g/mol. The van der Waals surface area contributed by atoms with E-state index >= 15 is 0 Å². The molecule has 1 fully saturated rings. The van der Waals surface area contributed by atoms with E-state index in [1.165, 1.54) is 6.07 Å². The Labute approximate surface area is 124 Å². The van der Waals surface area contributed by atoms with Crippen LogP contribution in [-0.4, -0.2) is 59.6 Å². The van der Waals surface area contributed by atoms with Gasteiger partial charge in [-0.2, -0.15) is 0 Å². The molecule has 21 heavy (non-hydrogen) atoms. The number of amides is 2. The van der Waals surface area contributed by atoms with Crippen molar-refractivity contribution in [3.63, 3.8) is 0 Å². The van der Waals surface area contributed by atoms with E-state index in [1.807, 2.05) is 7.05 Å². The zero-order chi connectivity index (χ0) is 15.6. The fourth-order valence-corrected chi connectivity index (χ4v) is 2.42. The van der Waals surface area contributed by atoms with Gasteiger partial charge in [0.2, 0.25) is 0 Å². The molecule has 114 valence electrons. The summed E-state index contributed by atoms with van der Waals surface area (Å²) in [6.45, 7) is 6.04. The van der Waals surface area contributed by atoms with Gasteiger partial charge in [0.1, 0.15) is 0 Å². The van der Waals surface area contributed by atoms with Crippen LogP contribution in [0.25, 0.3) is 0 Å². The molecule has 0 aromatic heterocycles. The fourth-order valence-electron chi connectivity index (χ4n) is 2.42. The number of carbonyl (C=O) groups excluding carboxylic acids is 1. The van der Waals surface area contributed by atoms with Gasteiger partial charge in [0, 0.05) is 31.4 Å². The molecular weight excluding hydrogens is 270 g/mol. The number of anilines is 1. The summed E-state index contributed by atoms with van der Waals surface area (Å²) in [5, 5.41) is 11.8. The number of aromatic carboxylic acids is 1. The molecule has 0 spiro atoms. The standard InChI is InChI=1S/C15H21N3O3/c1-10-8-12(4-5-13(10)14(19)20)16-15(21)18-7-6-17(3)11(2)9-18/h4-5,8,11H,6-7,9H2,1-3H3,(H,16,21)(H,19,20). The largest absolute Gasteiger partial charge is 0.478 e. The van der Waals surface area contributed by atoms with Crippen molar-refractivity contribution in [1.29, 1.82) is 0 Å². The molecular formula is C15H21N3O3. The third-order valence-electron chi connectivity index (χ3n) is 3.95. The van der Waals surface area contributed by atoms with Crippen molar-refractivity contribution >= 4 is 17.7 Å². The maximum atomic E-state index is 12.2. The summed E-state index contributed by atoms with van der Waals surface area (Å²) in [5.74, 6) is -0.960. The number of hydrogen-bond acceptors (Lipinski definition) is 3. The zero-order valence-corrected chi connectivity index (χ0v) is 12.6. The molecule has 1 atom stereocenters. The van der Waals surface area contributed by atoms with Gasteiger partial charge in [-0.15, -0.1) is 0 Å². The number of nitrogens with zero attached hydrogens (tertiary/aromatic N) is 2. The summed E-state index contributed by atoms with van der Waals surface area (Å²) in [4.78, 5) is 27.2. The van der Waals surface area contributed by atoms with Crippen LogP contribution < -0.4 is 5.32 Å². The second-order valence-corrected chi connectivity index (χ2v) is 5.54. The maximum Gasteiger partial charge on any atom is 0.335 e. The molecule has 0 aliphatic carbocycles. The number of hydrogen-bond donors (Lipinski definition) is 2. The van der Waals surface area contributed by atoms with Gasteiger partial charge in [-0.1, -0.05) is 0 Å². The van der Waals surface area contributed by atoms with Crippen molar-refractivity contribution in [2.45, 2.75) is 19.9 Å². The predicted molar refractivity (Wildman–Crippen MR) is 80.8 cm³/mol. The number of carboxylic acids is 1. The topological polar surface area (TPSA) is 72.9 Å². The van der Waals surface area contributed by atoms with E-state index in [4.69, 9.17) is 5.11 Å². The van der Waals surface area contributed by atoms with Crippen LogP contribution in [-0.2, 0) is 0 Å². The van der Waals surface area contributed by atoms with Crippen LogP contribution in [0.3, 0.4) is 0 Å². The van der Waals surface area contributed by atoms with E-state index in [1.54, 1.807) is 24.0 Å². The van der Waals surface area contributed by atoms with Gasteiger partial charge >= 0.3 is 12.0 Å². The van der Waals surface area contributed by atoms with Crippen LogP contribution in [0.15, 0.2) is 18.2 Å². The molecule has 1 aliphatic heterocycles. The summed E-state index contributed by atoms with van der Waals surface area (Å²) < 4.78 is 0. The van der Waals surface area contributed by atoms with Crippen molar-refractivity contribution in [1.82, 2.24) is 9.80 Å². The zero-order valence-electron chi connectivity index (χ0n) is 12.6. The van der Waals surface area contributed by atoms with E-state index in [9.17, 15) is 9.59 Å². The average molecular weight is 291 g/mol. The number of likely N-dealkylation sites (N-methyl/N-ethyl adjacent to an activating group) is 1. The van der Waals surface area contributed by atoms with E-state index in [0.717, 1.165) is 6.54 Å². The van der Waals surface area contributed by atoms with Gasteiger partial charge in [-0.25, -0.2) is 9.59 Å². The van der Waals surface area contributed by atoms with Gasteiger partial charge in [0.25, 0.3) is 0 Å². The molecule has 1 unspecified atom stereocenters. The second kappa shape index (κ2) is 6.13. The predicted octanol–water partition coefficient (Wildman–Crippen LogP) is 1.86. The van der Waals surface area contributed by atoms with E-state index in [-0.39, 0.29) is 11.6 Å². The molecule has 1 aromatic carbocycles. The minimum Gasteiger partial charge on any atom is -0.478 e. The minimum atomic E-state index is -0.960. The molecule has 2 N–H and O–H groups in total. The number of carbonyl (C=O) groups is 2. The smallest absolute Gasteiger partial charge is 0.335 e. The molecule has 6 heteroatoms. The normalized spacial score (nSPS) is 19.4. The van der Waals surface area contributed by atoms with Crippen molar-refractivity contribution in [2.24, 2.45) is 0 Å². The van der Waals surface area contributed by atoms with Crippen LogP contribution in [0.5, 0.6) is 0 Å². The minimum absolute atomic E-state index is 0.141. The highest BCUT2D eigenvalue weighted by molar-refractivity contribution is 5.92. The van der Waals surface area contributed by atoms with E-state index in [0.29, 0.717) is 30.4 Å². The number of urea groups is 1. The second-order valence-electron chi connectivity index (χ2n) is 5.54. The molecule has 1 saturated heterocycles. The number of carboxylic acid groups (broad SMARTS) is 1. The highest BCUT2D eigenvalue weighted by Crippen LogP contribution is 2.16. The van der Waals surface area contributed by atoms with Gasteiger partial charge in [-0.3, -0.25) is 0 Å². The number of rotatable bonds is 2. The van der Waals surface area contributed by atoms with Crippen molar-refractivity contribution < 1.29 is 14.7 Å². The molecule has 0 radical (unpaired) electrons. The van der Waals surface area contributed by atoms with Crippen LogP contribution >= 0.6 is 0 Å². The first-order valence-corrected chi connectivity index (χ1v) is 6.98. The Morgan fingerprint density at radius 1 is 1.33 bits per heavy atom. The van der Waals surface area contributed by atoms with Gasteiger partial charge in [-0.05, 0) is 44.7 Å². The van der Waals surface area contributed by atoms with E-state index < -0.39 is 5.97 Å². The fraction of sp³-hybridized carbons (Fsp3) is 0.467. The van der Waals surface area contributed by atoms with Crippen molar-refractivity contribution in [3.05, 3.63) is 29.3 Å². The lowest BCUT2D eigenvalue weighted by Crippen LogP contribution is -2.53. The quantitative estimate of drug-likeness (QED) is 0.872. The third-order valence-corrected chi connectivity index (χ3v) is 3.95. The molecule has 2 rings (SSSR count). The number of benzene rings is 1. The third kappa shape index (κ3) is 3.52. The molecule has 6 nitrogen and oxygen atoms in total. The highest BCUT2D eigenvalue weighted by Gasteiger charge is 2.24. The number of aryl methyl sites for hydroxylation is 1.